The van der Waals surface area contributed by atoms with E-state index in [0.29, 0.717) is 30.2 Å². The zero-order valence-electron chi connectivity index (χ0n) is 23.6. The van der Waals surface area contributed by atoms with E-state index in [-0.39, 0.29) is 23.1 Å². The molecule has 0 spiro atoms. The van der Waals surface area contributed by atoms with Crippen LogP contribution in [0.25, 0.3) is 11.3 Å². The van der Waals surface area contributed by atoms with Gasteiger partial charge in [0.1, 0.15) is 17.1 Å². The van der Waals surface area contributed by atoms with Gasteiger partial charge in [-0.1, -0.05) is 72.8 Å². The highest BCUT2D eigenvalue weighted by Gasteiger charge is 2.35. The van der Waals surface area contributed by atoms with Crippen molar-refractivity contribution in [2.24, 2.45) is 5.73 Å². The average Bonchev–Trinajstić information content (AvgIpc) is 3.33. The fourth-order valence-corrected chi connectivity index (χ4v) is 5.49. The molecule has 5 N–H and O–H groups in total. The van der Waals surface area contributed by atoms with E-state index in [1.165, 1.54) is 0 Å². The molecule has 1 aromatic heterocycles. The van der Waals surface area contributed by atoms with Crippen molar-refractivity contribution in [1.82, 2.24) is 15.1 Å². The van der Waals surface area contributed by atoms with Crippen molar-refractivity contribution in [1.29, 1.82) is 0 Å². The van der Waals surface area contributed by atoms with E-state index in [1.807, 2.05) is 73.7 Å². The van der Waals surface area contributed by atoms with E-state index in [4.69, 9.17) is 21.3 Å². The molecule has 0 saturated heterocycles. The summed E-state index contributed by atoms with van der Waals surface area (Å²) in [5.41, 5.74) is 17.1. The van der Waals surface area contributed by atoms with E-state index in [2.05, 4.69) is 24.4 Å². The highest BCUT2D eigenvalue weighted by Crippen LogP contribution is 2.40. The van der Waals surface area contributed by atoms with Crippen LogP contribution in [0.3, 0.4) is 0 Å². The minimum Gasteiger partial charge on any atom is -0.383 e. The number of anilines is 1. The number of carbonyl (C=O) groups excluding carboxylic acids is 2. The normalized spacial score (nSPS) is 18.6. The number of nitrogen functional groups attached to an aromatic ring is 1. The summed E-state index contributed by atoms with van der Waals surface area (Å²) in [6, 6.07) is 25.3. The molecule has 0 aliphatic heterocycles. The molecule has 0 radical (unpaired) electrons. The Hall–Kier alpha value is -4.43. The molecule has 8 heteroatoms. The molecule has 0 atom stereocenters. The Kier molecular flexibility index (Phi) is 8.21. The largest absolute Gasteiger partial charge is 0.383 e. The van der Waals surface area contributed by atoms with E-state index in [0.717, 1.165) is 47.9 Å². The number of ether oxygens (including phenoxy) is 1. The minimum atomic E-state index is -0.606. The maximum absolute atomic E-state index is 12.6. The predicted molar refractivity (Wildman–Crippen MR) is 160 cm³/mol. The number of benzene rings is 3. The molecular formula is C33H37N5O3. The molecule has 4 aromatic rings. The number of aryl methyl sites for hydroxylation is 1. The molecule has 0 bridgehead atoms. The van der Waals surface area contributed by atoms with Gasteiger partial charge in [-0.05, 0) is 62.3 Å². The summed E-state index contributed by atoms with van der Waals surface area (Å²) in [5, 5.41) is 7.76. The highest BCUT2D eigenvalue weighted by molar-refractivity contribution is 6.03. The van der Waals surface area contributed by atoms with Crippen molar-refractivity contribution >= 4 is 17.6 Å². The maximum atomic E-state index is 12.6. The number of nitrogens with two attached hydrogens (primary N) is 2. The number of primary amides is 1. The maximum Gasteiger partial charge on any atom is 0.254 e. The van der Waals surface area contributed by atoms with Crippen molar-refractivity contribution < 1.29 is 14.3 Å². The third kappa shape index (κ3) is 6.33. The van der Waals surface area contributed by atoms with Crippen LogP contribution in [0.4, 0.5) is 5.82 Å². The number of aromatic nitrogens is 2. The van der Waals surface area contributed by atoms with Crippen molar-refractivity contribution in [3.63, 3.8) is 0 Å². The van der Waals surface area contributed by atoms with Gasteiger partial charge in [0.15, 0.2) is 0 Å². The third-order valence-electron chi connectivity index (χ3n) is 8.05. The fourth-order valence-electron chi connectivity index (χ4n) is 5.49. The number of nitrogens with one attached hydrogen (secondary N) is 1. The molecule has 212 valence electrons. The zero-order valence-corrected chi connectivity index (χ0v) is 23.6. The summed E-state index contributed by atoms with van der Waals surface area (Å²) in [7, 11) is 0. The van der Waals surface area contributed by atoms with Crippen LogP contribution in [-0.2, 0) is 17.9 Å². The molecule has 0 unspecified atom stereocenters. The number of nitrogens with zero attached hydrogens (tertiary/aromatic N) is 2. The number of hydrogen-bond acceptors (Lipinski definition) is 5. The Morgan fingerprint density at radius 3 is 2.29 bits per heavy atom. The van der Waals surface area contributed by atoms with Gasteiger partial charge in [-0.3, -0.25) is 9.59 Å². The van der Waals surface area contributed by atoms with Crippen LogP contribution in [-0.4, -0.2) is 27.2 Å². The Bertz CT molecular complexity index is 1520. The molecule has 5 rings (SSSR count). The molecule has 8 nitrogen and oxygen atoms in total. The van der Waals surface area contributed by atoms with Crippen LogP contribution in [0, 0.1) is 6.92 Å². The second-order valence-corrected chi connectivity index (χ2v) is 11.1. The van der Waals surface area contributed by atoms with Gasteiger partial charge in [0.25, 0.3) is 11.8 Å². The number of hydrogen-bond donors (Lipinski definition) is 3. The van der Waals surface area contributed by atoms with Gasteiger partial charge in [0, 0.05) is 17.7 Å². The smallest absolute Gasteiger partial charge is 0.254 e. The Labute approximate surface area is 240 Å². The number of amides is 2. The van der Waals surface area contributed by atoms with Gasteiger partial charge in [-0.25, -0.2) is 4.68 Å². The zero-order chi connectivity index (χ0) is 29.0. The second-order valence-electron chi connectivity index (χ2n) is 11.1. The van der Waals surface area contributed by atoms with Crippen LogP contribution < -0.4 is 16.8 Å². The van der Waals surface area contributed by atoms with E-state index < -0.39 is 5.91 Å². The second kappa shape index (κ2) is 12.0. The molecule has 1 heterocycles. The first kappa shape index (κ1) is 28.1. The van der Waals surface area contributed by atoms with Crippen LogP contribution in [0.5, 0.6) is 0 Å². The molecule has 2 amide bonds. The first-order chi connectivity index (χ1) is 19.7. The Balaban J connectivity index is 1.26. The van der Waals surface area contributed by atoms with Crippen LogP contribution in [0.1, 0.15) is 76.1 Å². The van der Waals surface area contributed by atoms with Gasteiger partial charge in [0.05, 0.1) is 18.2 Å². The summed E-state index contributed by atoms with van der Waals surface area (Å²) in [4.78, 5) is 25.0. The van der Waals surface area contributed by atoms with Crippen molar-refractivity contribution in [3.05, 3.63) is 107 Å². The van der Waals surface area contributed by atoms with Gasteiger partial charge >= 0.3 is 0 Å². The predicted octanol–water partition coefficient (Wildman–Crippen LogP) is 5.56. The third-order valence-corrected chi connectivity index (χ3v) is 8.05. The number of carbonyl (C=O) groups is 2. The standard InChI is InChI=1S/C33H37N5O3/c1-22-8-6-7-11-27(22)32(40)36-20-23-12-14-25(15-13-23)29-28(31(35)39)30(34)38(37-29)26-16-18-33(2,19-17-26)41-21-24-9-4-3-5-10-24/h3-15,26H,16-21,34H2,1-2H3,(H2,35,39)(H,36,40). The fraction of sp³-hybridized carbons (Fsp3) is 0.303. The lowest BCUT2D eigenvalue weighted by Crippen LogP contribution is -2.35. The van der Waals surface area contributed by atoms with Gasteiger partial charge in [0.2, 0.25) is 0 Å². The van der Waals surface area contributed by atoms with E-state index >= 15 is 0 Å². The molecule has 1 fully saturated rings. The number of rotatable bonds is 9. The first-order valence-electron chi connectivity index (χ1n) is 14.0. The van der Waals surface area contributed by atoms with Gasteiger partial charge < -0.3 is 21.5 Å². The average molecular weight is 552 g/mol. The lowest BCUT2D eigenvalue weighted by atomic mass is 9.83. The minimum absolute atomic E-state index is 0.0474. The summed E-state index contributed by atoms with van der Waals surface area (Å²) in [6.07, 6.45) is 3.37. The monoisotopic (exact) mass is 551 g/mol. The van der Waals surface area contributed by atoms with Crippen molar-refractivity contribution in [2.75, 3.05) is 5.73 Å². The Morgan fingerprint density at radius 2 is 1.63 bits per heavy atom. The quantitative estimate of drug-likeness (QED) is 0.251. The molecule has 1 saturated carbocycles. The summed E-state index contributed by atoms with van der Waals surface area (Å²) in [6.45, 7) is 5.02. The topological polar surface area (TPSA) is 125 Å². The van der Waals surface area contributed by atoms with Crippen LogP contribution >= 0.6 is 0 Å². The van der Waals surface area contributed by atoms with Crippen LogP contribution in [0.15, 0.2) is 78.9 Å². The van der Waals surface area contributed by atoms with E-state index in [1.54, 1.807) is 4.68 Å². The summed E-state index contributed by atoms with van der Waals surface area (Å²) in [5.74, 6) is -0.435. The van der Waals surface area contributed by atoms with Crippen molar-refractivity contribution in [3.8, 4) is 11.3 Å². The lowest BCUT2D eigenvalue weighted by Gasteiger charge is -2.37. The van der Waals surface area contributed by atoms with Crippen LogP contribution in [0.2, 0.25) is 0 Å². The summed E-state index contributed by atoms with van der Waals surface area (Å²) >= 11 is 0. The van der Waals surface area contributed by atoms with Crippen molar-refractivity contribution in [2.45, 2.75) is 64.3 Å². The lowest BCUT2D eigenvalue weighted by molar-refractivity contribution is -0.0738. The van der Waals surface area contributed by atoms with E-state index in [9.17, 15) is 9.59 Å². The Morgan fingerprint density at radius 1 is 0.976 bits per heavy atom. The molecule has 1 aliphatic rings. The molecule has 41 heavy (non-hydrogen) atoms. The van der Waals surface area contributed by atoms with Gasteiger partial charge in [-0.2, -0.15) is 5.10 Å². The molecule has 3 aromatic carbocycles. The molecule has 1 aliphatic carbocycles. The molecular weight excluding hydrogens is 514 g/mol. The summed E-state index contributed by atoms with van der Waals surface area (Å²) < 4.78 is 8.09. The SMILES string of the molecule is Cc1ccccc1C(=O)NCc1ccc(-c2nn(C3CCC(C)(OCc4ccccc4)CC3)c(N)c2C(N)=O)cc1. The highest BCUT2D eigenvalue weighted by atomic mass is 16.5. The van der Waals surface area contributed by atoms with Gasteiger partial charge in [-0.15, -0.1) is 0 Å². The first-order valence-corrected chi connectivity index (χ1v) is 14.0.